The van der Waals surface area contributed by atoms with Crippen LogP contribution in [0.15, 0.2) is 42.5 Å². The van der Waals surface area contributed by atoms with E-state index in [0.717, 1.165) is 5.56 Å². The van der Waals surface area contributed by atoms with Gasteiger partial charge in [-0.2, -0.15) is 0 Å². The van der Waals surface area contributed by atoms with Gasteiger partial charge in [-0.15, -0.1) is 0 Å². The summed E-state index contributed by atoms with van der Waals surface area (Å²) >= 11 is 5.98. The Kier molecular flexibility index (Phi) is 4.70. The Morgan fingerprint density at radius 2 is 2.00 bits per heavy atom. The molecule has 1 N–H and O–H groups in total. The maximum Gasteiger partial charge on any atom is 0.257 e. The minimum absolute atomic E-state index is 0.0348. The van der Waals surface area contributed by atoms with E-state index in [9.17, 15) is 9.90 Å². The second kappa shape index (κ2) is 6.50. The zero-order valence-electron chi connectivity index (χ0n) is 11.8. The van der Waals surface area contributed by atoms with Crippen LogP contribution >= 0.6 is 11.6 Å². The number of carbonyl (C=O) groups excluding carboxylic acids is 1. The molecular formula is C16H16ClNO3. The summed E-state index contributed by atoms with van der Waals surface area (Å²) in [6.07, 6.45) is 0. The summed E-state index contributed by atoms with van der Waals surface area (Å²) in [5.41, 5.74) is 1.07. The van der Waals surface area contributed by atoms with Crippen LogP contribution in [-0.4, -0.2) is 30.1 Å². The summed E-state index contributed by atoms with van der Waals surface area (Å²) in [4.78, 5) is 13.8. The number of rotatable bonds is 4. The van der Waals surface area contributed by atoms with Crippen LogP contribution in [0, 0.1) is 0 Å². The third kappa shape index (κ3) is 3.47. The fourth-order valence-corrected chi connectivity index (χ4v) is 2.25. The average Bonchev–Trinajstić information content (AvgIpc) is 2.47. The Balaban J connectivity index is 2.22. The molecule has 0 saturated heterocycles. The van der Waals surface area contributed by atoms with Gasteiger partial charge < -0.3 is 14.7 Å². The lowest BCUT2D eigenvalue weighted by Crippen LogP contribution is -2.26. The monoisotopic (exact) mass is 305 g/mol. The first-order valence-electron chi connectivity index (χ1n) is 6.39. The molecule has 2 rings (SSSR count). The van der Waals surface area contributed by atoms with Crippen LogP contribution in [0.5, 0.6) is 11.5 Å². The van der Waals surface area contributed by atoms with Gasteiger partial charge in [-0.05, 0) is 30.3 Å². The van der Waals surface area contributed by atoms with Crippen molar-refractivity contribution >= 4 is 17.5 Å². The fourth-order valence-electron chi connectivity index (χ4n) is 2.06. The molecule has 5 heteroatoms. The molecule has 0 saturated carbocycles. The lowest BCUT2D eigenvalue weighted by atomic mass is 10.1. The molecule has 21 heavy (non-hydrogen) atoms. The lowest BCUT2D eigenvalue weighted by Gasteiger charge is -2.19. The van der Waals surface area contributed by atoms with Crippen LogP contribution < -0.4 is 4.74 Å². The van der Waals surface area contributed by atoms with Crippen LogP contribution in [0.2, 0.25) is 5.02 Å². The number of phenols is 1. The maximum atomic E-state index is 12.3. The summed E-state index contributed by atoms with van der Waals surface area (Å²) in [6, 6.07) is 11.7. The van der Waals surface area contributed by atoms with Gasteiger partial charge in [0.15, 0.2) is 0 Å². The highest BCUT2D eigenvalue weighted by Crippen LogP contribution is 2.25. The summed E-state index contributed by atoms with van der Waals surface area (Å²) in [5, 5.41) is 10.3. The topological polar surface area (TPSA) is 49.8 Å². The van der Waals surface area contributed by atoms with E-state index in [4.69, 9.17) is 16.3 Å². The molecule has 2 aromatic carbocycles. The molecule has 0 atom stereocenters. The molecule has 0 bridgehead atoms. The van der Waals surface area contributed by atoms with Crippen molar-refractivity contribution in [2.45, 2.75) is 6.54 Å². The zero-order valence-corrected chi connectivity index (χ0v) is 12.6. The molecule has 0 spiro atoms. The molecule has 0 fully saturated rings. The first-order chi connectivity index (χ1) is 10.0. The number of methoxy groups -OCH3 is 1. The fraction of sp³-hybridized carbons (Fsp3) is 0.188. The molecule has 0 aromatic heterocycles. The standard InChI is InChI=1S/C16H16ClNO3/c1-18(16(20)13-5-3-4-6-14(13)19)10-11-9-12(17)7-8-15(11)21-2/h3-9,19H,10H2,1-2H3. The van der Waals surface area contributed by atoms with E-state index in [1.165, 1.54) is 11.0 Å². The number of benzene rings is 2. The molecule has 0 heterocycles. The van der Waals surface area contributed by atoms with Gasteiger partial charge in [-0.1, -0.05) is 23.7 Å². The smallest absolute Gasteiger partial charge is 0.257 e. The predicted molar refractivity (Wildman–Crippen MR) is 81.9 cm³/mol. The quantitative estimate of drug-likeness (QED) is 0.942. The molecular weight excluding hydrogens is 290 g/mol. The summed E-state index contributed by atoms with van der Waals surface area (Å²) in [6.45, 7) is 0.330. The van der Waals surface area contributed by atoms with Gasteiger partial charge in [0.05, 0.1) is 12.7 Å². The minimum atomic E-state index is -0.268. The van der Waals surface area contributed by atoms with Gasteiger partial charge in [0.2, 0.25) is 0 Å². The highest BCUT2D eigenvalue weighted by Gasteiger charge is 2.17. The van der Waals surface area contributed by atoms with Crippen LogP contribution in [-0.2, 0) is 6.54 Å². The summed E-state index contributed by atoms with van der Waals surface area (Å²) in [7, 11) is 3.23. The molecule has 0 unspecified atom stereocenters. The number of ether oxygens (including phenoxy) is 1. The Morgan fingerprint density at radius 3 is 2.67 bits per heavy atom. The average molecular weight is 306 g/mol. The van der Waals surface area contributed by atoms with Crippen LogP contribution in [0.25, 0.3) is 0 Å². The first-order valence-corrected chi connectivity index (χ1v) is 6.76. The molecule has 0 aliphatic carbocycles. The number of hydrogen-bond donors (Lipinski definition) is 1. The zero-order chi connectivity index (χ0) is 15.4. The van der Waals surface area contributed by atoms with E-state index >= 15 is 0 Å². The van der Waals surface area contributed by atoms with Crippen molar-refractivity contribution in [3.8, 4) is 11.5 Å². The highest BCUT2D eigenvalue weighted by atomic mass is 35.5. The van der Waals surface area contributed by atoms with Crippen LogP contribution in [0.3, 0.4) is 0 Å². The third-order valence-corrected chi connectivity index (χ3v) is 3.37. The molecule has 4 nitrogen and oxygen atoms in total. The molecule has 1 amide bonds. The Hall–Kier alpha value is -2.20. The number of halogens is 1. The van der Waals surface area contributed by atoms with E-state index in [0.29, 0.717) is 17.3 Å². The van der Waals surface area contributed by atoms with E-state index in [-0.39, 0.29) is 17.2 Å². The van der Waals surface area contributed by atoms with Gasteiger partial charge >= 0.3 is 0 Å². The number of amides is 1. The summed E-state index contributed by atoms with van der Waals surface area (Å²) in [5.74, 6) is 0.360. The van der Waals surface area contributed by atoms with Crippen molar-refractivity contribution in [3.05, 3.63) is 58.6 Å². The third-order valence-electron chi connectivity index (χ3n) is 3.13. The number of aromatic hydroxyl groups is 1. The Labute approximate surface area is 128 Å². The van der Waals surface area contributed by atoms with Crippen LogP contribution in [0.4, 0.5) is 0 Å². The first kappa shape index (κ1) is 15.2. The molecule has 0 radical (unpaired) electrons. The van der Waals surface area contributed by atoms with Gasteiger partial charge in [0.25, 0.3) is 5.91 Å². The largest absolute Gasteiger partial charge is 0.507 e. The second-order valence-corrected chi connectivity index (χ2v) is 5.07. The van der Waals surface area contributed by atoms with E-state index in [1.54, 1.807) is 50.6 Å². The Bertz CT molecular complexity index is 658. The SMILES string of the molecule is COc1ccc(Cl)cc1CN(C)C(=O)c1ccccc1O. The second-order valence-electron chi connectivity index (χ2n) is 4.63. The number of hydrogen-bond acceptors (Lipinski definition) is 3. The van der Waals surface area contributed by atoms with Gasteiger partial charge in [-0.3, -0.25) is 4.79 Å². The van der Waals surface area contributed by atoms with E-state index < -0.39 is 0 Å². The maximum absolute atomic E-state index is 12.3. The van der Waals surface area contributed by atoms with Crippen LogP contribution in [0.1, 0.15) is 15.9 Å². The molecule has 0 aliphatic rings. The predicted octanol–water partition coefficient (Wildman–Crippen LogP) is 3.33. The van der Waals surface area contributed by atoms with Gasteiger partial charge in [0.1, 0.15) is 11.5 Å². The van der Waals surface area contributed by atoms with Crippen molar-refractivity contribution in [1.29, 1.82) is 0 Å². The minimum Gasteiger partial charge on any atom is -0.507 e. The number of nitrogens with zero attached hydrogens (tertiary/aromatic N) is 1. The Morgan fingerprint density at radius 1 is 1.29 bits per heavy atom. The van der Waals surface area contributed by atoms with Crippen molar-refractivity contribution in [2.75, 3.05) is 14.2 Å². The lowest BCUT2D eigenvalue weighted by molar-refractivity contribution is 0.0781. The molecule has 110 valence electrons. The van der Waals surface area contributed by atoms with E-state index in [2.05, 4.69) is 0 Å². The van der Waals surface area contributed by atoms with Crippen molar-refractivity contribution in [1.82, 2.24) is 4.90 Å². The van der Waals surface area contributed by atoms with Crippen molar-refractivity contribution < 1.29 is 14.6 Å². The highest BCUT2D eigenvalue weighted by molar-refractivity contribution is 6.30. The molecule has 0 aliphatic heterocycles. The number of phenolic OH excluding ortho intramolecular Hbond substituents is 1. The van der Waals surface area contributed by atoms with Gasteiger partial charge in [-0.25, -0.2) is 0 Å². The number of para-hydroxylation sites is 1. The summed E-state index contributed by atoms with van der Waals surface area (Å²) < 4.78 is 5.26. The molecule has 2 aromatic rings. The van der Waals surface area contributed by atoms with E-state index in [1.807, 2.05) is 0 Å². The van der Waals surface area contributed by atoms with Gasteiger partial charge in [0, 0.05) is 24.2 Å². The van der Waals surface area contributed by atoms with Crippen molar-refractivity contribution in [2.24, 2.45) is 0 Å². The normalized spacial score (nSPS) is 10.2. The number of carbonyl (C=O) groups is 1. The van der Waals surface area contributed by atoms with Crippen molar-refractivity contribution in [3.63, 3.8) is 0 Å².